The lowest BCUT2D eigenvalue weighted by molar-refractivity contribution is 0.243. The van der Waals surface area contributed by atoms with E-state index in [1.807, 2.05) is 73.8 Å². The zero-order valence-electron chi connectivity index (χ0n) is 14.8. The Morgan fingerprint density at radius 2 is 1.74 bits per heavy atom. The van der Waals surface area contributed by atoms with Crippen molar-refractivity contribution in [3.05, 3.63) is 101 Å². The smallest absolute Gasteiger partial charge is 0.152 e. The molecule has 1 heterocycles. The Bertz CT molecular complexity index is 1030. The van der Waals surface area contributed by atoms with Gasteiger partial charge >= 0.3 is 0 Å². The van der Waals surface area contributed by atoms with Crippen molar-refractivity contribution in [2.75, 3.05) is 5.32 Å². The van der Waals surface area contributed by atoms with Crippen molar-refractivity contribution in [1.29, 1.82) is 0 Å². The minimum absolute atomic E-state index is 0.185. The van der Waals surface area contributed by atoms with Gasteiger partial charge in [0.1, 0.15) is 11.5 Å². The Kier molecular flexibility index (Phi) is 4.65. The highest BCUT2D eigenvalue weighted by Gasteiger charge is 2.30. The Hall–Kier alpha value is -3.11. The molecule has 2 N–H and O–H groups in total. The van der Waals surface area contributed by atoms with Gasteiger partial charge in [-0.25, -0.2) is 0 Å². The number of ether oxygens (including phenoxy) is 1. The fourth-order valence-electron chi connectivity index (χ4n) is 3.16. The molecular weight excluding hydrogens is 354 g/mol. The van der Waals surface area contributed by atoms with Crippen molar-refractivity contribution in [2.45, 2.75) is 13.0 Å². The molecule has 4 heteroatoms. The maximum absolute atomic E-state index is 10.0. The molecule has 0 aromatic heterocycles. The summed E-state index contributed by atoms with van der Waals surface area (Å²) in [4.78, 5) is 0.747. The van der Waals surface area contributed by atoms with E-state index in [0.29, 0.717) is 5.69 Å². The number of phenolic OH excluding ortho intramolecular Hbond substituents is 1. The van der Waals surface area contributed by atoms with E-state index in [9.17, 15) is 5.11 Å². The third-order valence-corrected chi connectivity index (χ3v) is 5.01. The highest BCUT2D eigenvalue weighted by molar-refractivity contribution is 7.81. The van der Waals surface area contributed by atoms with E-state index in [-0.39, 0.29) is 11.9 Å². The van der Waals surface area contributed by atoms with Crippen LogP contribution in [0.4, 0.5) is 5.69 Å². The van der Waals surface area contributed by atoms with Crippen LogP contribution in [0, 0.1) is 6.92 Å². The summed E-state index contributed by atoms with van der Waals surface area (Å²) in [6.07, 6.45) is 1.52. The summed E-state index contributed by atoms with van der Waals surface area (Å²) in [5.74, 6) is 0.976. The second-order valence-corrected chi connectivity index (χ2v) is 6.91. The third-order valence-electron chi connectivity index (χ3n) is 4.56. The van der Waals surface area contributed by atoms with Crippen LogP contribution in [0.3, 0.4) is 0 Å². The number of anilines is 1. The van der Waals surface area contributed by atoms with Gasteiger partial charge in [0.2, 0.25) is 0 Å². The van der Waals surface area contributed by atoms with Crippen LogP contribution in [-0.2, 0) is 0 Å². The molecule has 1 atom stereocenters. The summed E-state index contributed by atoms with van der Waals surface area (Å²) < 4.78 is 6.32. The Balaban J connectivity index is 1.78. The average molecular weight is 373 g/mol. The molecule has 0 saturated carbocycles. The first kappa shape index (κ1) is 17.3. The summed E-state index contributed by atoms with van der Waals surface area (Å²) in [6.45, 7) is 2.04. The molecular formula is C23H19NO2S. The molecule has 3 nitrogen and oxygen atoms in total. The van der Waals surface area contributed by atoms with Crippen LogP contribution in [-0.4, -0.2) is 9.97 Å². The molecule has 0 fully saturated rings. The number of phenols is 1. The van der Waals surface area contributed by atoms with Crippen molar-refractivity contribution in [3.8, 4) is 11.5 Å². The molecule has 0 bridgehead atoms. The molecule has 134 valence electrons. The Labute approximate surface area is 163 Å². The summed E-state index contributed by atoms with van der Waals surface area (Å²) in [5.41, 5.74) is 4.55. The van der Waals surface area contributed by atoms with Gasteiger partial charge in [-0.05, 0) is 36.8 Å². The van der Waals surface area contributed by atoms with Crippen LogP contribution in [0.2, 0.25) is 0 Å². The second-order valence-electron chi connectivity index (χ2n) is 6.50. The highest BCUT2D eigenvalue weighted by atomic mass is 32.1. The zero-order valence-corrected chi connectivity index (χ0v) is 15.7. The zero-order chi connectivity index (χ0) is 18.8. The minimum Gasteiger partial charge on any atom is -0.506 e. The van der Waals surface area contributed by atoms with Gasteiger partial charge in [-0.15, -0.1) is 0 Å². The standard InChI is InChI=1S/C23H19NO2S/c1-15-11-12-21-17(13-15)23(27)18(14-24-19-9-5-6-10-20(19)25)22(26-21)16-7-3-2-4-8-16/h2-14,22,24-25H,1H3. The molecule has 27 heavy (non-hydrogen) atoms. The molecule has 4 rings (SSSR count). The van der Waals surface area contributed by atoms with Gasteiger partial charge in [0.15, 0.2) is 6.10 Å². The van der Waals surface area contributed by atoms with E-state index < -0.39 is 0 Å². The predicted octanol–water partition coefficient (Wildman–Crippen LogP) is 5.55. The molecule has 0 radical (unpaired) electrons. The number of aryl methyl sites for hydroxylation is 1. The van der Waals surface area contributed by atoms with Crippen LogP contribution in [0.25, 0.3) is 0 Å². The highest BCUT2D eigenvalue weighted by Crippen LogP contribution is 2.39. The predicted molar refractivity (Wildman–Crippen MR) is 113 cm³/mol. The molecule has 3 aromatic carbocycles. The molecule has 0 aliphatic carbocycles. The number of aromatic hydroxyl groups is 1. The topological polar surface area (TPSA) is 41.5 Å². The maximum Gasteiger partial charge on any atom is 0.152 e. The van der Waals surface area contributed by atoms with E-state index in [0.717, 1.165) is 32.9 Å². The van der Waals surface area contributed by atoms with E-state index >= 15 is 0 Å². The van der Waals surface area contributed by atoms with Crippen molar-refractivity contribution >= 4 is 22.8 Å². The number of para-hydroxylation sites is 2. The lowest BCUT2D eigenvalue weighted by Crippen LogP contribution is -2.24. The Morgan fingerprint density at radius 3 is 2.52 bits per heavy atom. The molecule has 0 spiro atoms. The van der Waals surface area contributed by atoms with Gasteiger partial charge in [0, 0.05) is 17.3 Å². The first-order chi connectivity index (χ1) is 13.1. The van der Waals surface area contributed by atoms with Gasteiger partial charge in [-0.2, -0.15) is 0 Å². The second kappa shape index (κ2) is 7.25. The number of fused-ring (bicyclic) bond motifs is 1. The summed E-state index contributed by atoms with van der Waals surface area (Å²) >= 11 is 5.82. The molecule has 1 aliphatic rings. The minimum atomic E-state index is -0.313. The van der Waals surface area contributed by atoms with Crippen LogP contribution in [0.15, 0.2) is 84.6 Å². The third kappa shape index (κ3) is 3.44. The van der Waals surface area contributed by atoms with Crippen molar-refractivity contribution < 1.29 is 9.84 Å². The van der Waals surface area contributed by atoms with Gasteiger partial charge in [0.05, 0.1) is 10.6 Å². The first-order valence-corrected chi connectivity index (χ1v) is 9.16. The largest absolute Gasteiger partial charge is 0.506 e. The van der Waals surface area contributed by atoms with Crippen LogP contribution in [0.5, 0.6) is 11.5 Å². The van der Waals surface area contributed by atoms with E-state index in [1.165, 1.54) is 0 Å². The van der Waals surface area contributed by atoms with Gasteiger partial charge in [-0.3, -0.25) is 0 Å². The number of nitrogens with one attached hydrogen (secondary N) is 1. The van der Waals surface area contributed by atoms with Crippen molar-refractivity contribution in [1.82, 2.24) is 0 Å². The summed E-state index contributed by atoms with van der Waals surface area (Å²) in [7, 11) is 0. The summed E-state index contributed by atoms with van der Waals surface area (Å²) in [5, 5.41) is 13.2. The fourth-order valence-corrected chi connectivity index (χ4v) is 3.48. The first-order valence-electron chi connectivity index (χ1n) is 8.75. The lowest BCUT2D eigenvalue weighted by Gasteiger charge is -2.30. The number of thiocarbonyl (C=S) groups is 1. The molecule has 0 amide bonds. The SMILES string of the molecule is Cc1ccc2c(c1)C(=S)C(=CNc1ccccc1O)C(c1ccccc1)O2. The van der Waals surface area contributed by atoms with Gasteiger partial charge in [0.25, 0.3) is 0 Å². The number of hydrogen-bond acceptors (Lipinski definition) is 4. The van der Waals surface area contributed by atoms with Crippen LogP contribution in [0.1, 0.15) is 22.8 Å². The quantitative estimate of drug-likeness (QED) is 0.359. The van der Waals surface area contributed by atoms with Crippen molar-refractivity contribution in [3.63, 3.8) is 0 Å². The maximum atomic E-state index is 10.0. The fraction of sp³-hybridized carbons (Fsp3) is 0.0870. The summed E-state index contributed by atoms with van der Waals surface area (Å²) in [6, 6.07) is 23.2. The van der Waals surface area contributed by atoms with Crippen LogP contribution < -0.4 is 10.1 Å². The lowest BCUT2D eigenvalue weighted by atomic mass is 9.91. The monoisotopic (exact) mass is 373 g/mol. The van der Waals surface area contributed by atoms with E-state index in [4.69, 9.17) is 17.0 Å². The number of benzene rings is 3. The van der Waals surface area contributed by atoms with Crippen molar-refractivity contribution in [2.24, 2.45) is 0 Å². The molecule has 1 unspecified atom stereocenters. The molecule has 0 saturated heterocycles. The number of hydrogen-bond donors (Lipinski definition) is 2. The number of rotatable bonds is 3. The Morgan fingerprint density at radius 1 is 1.00 bits per heavy atom. The normalized spacial score (nSPS) is 17.3. The van der Waals surface area contributed by atoms with Gasteiger partial charge in [-0.1, -0.05) is 66.3 Å². The molecule has 3 aromatic rings. The van der Waals surface area contributed by atoms with E-state index in [2.05, 4.69) is 5.32 Å². The van der Waals surface area contributed by atoms with Crippen LogP contribution >= 0.6 is 12.2 Å². The van der Waals surface area contributed by atoms with E-state index in [1.54, 1.807) is 12.1 Å². The average Bonchev–Trinajstić information content (AvgIpc) is 2.69. The van der Waals surface area contributed by atoms with Gasteiger partial charge < -0.3 is 15.2 Å². The molecule has 1 aliphatic heterocycles.